The van der Waals surface area contributed by atoms with Crippen LogP contribution in [-0.4, -0.2) is 18.0 Å². The van der Waals surface area contributed by atoms with E-state index in [1.807, 2.05) is 0 Å². The molecule has 2 rings (SSSR count). The molecule has 2 saturated carbocycles. The summed E-state index contributed by atoms with van der Waals surface area (Å²) in [4.78, 5) is 12.2. The minimum absolute atomic E-state index is 0.169. The first-order valence-electron chi connectivity index (χ1n) is 7.05. The van der Waals surface area contributed by atoms with E-state index >= 15 is 0 Å². The van der Waals surface area contributed by atoms with Gasteiger partial charge in [-0.25, -0.2) is 0 Å². The lowest BCUT2D eigenvalue weighted by Crippen LogP contribution is -2.48. The third-order valence-corrected chi connectivity index (χ3v) is 4.67. The summed E-state index contributed by atoms with van der Waals surface area (Å²) in [5.41, 5.74) is 6.13. The number of nitrogens with one attached hydrogen (secondary N) is 1. The van der Waals surface area contributed by atoms with Gasteiger partial charge < -0.3 is 11.1 Å². The van der Waals surface area contributed by atoms with Crippen molar-refractivity contribution in [3.05, 3.63) is 0 Å². The second-order valence-corrected chi connectivity index (χ2v) is 6.57. The van der Waals surface area contributed by atoms with Gasteiger partial charge in [0.25, 0.3) is 0 Å². The summed E-state index contributed by atoms with van der Waals surface area (Å²) in [6.07, 6.45) is 7.76. The molecule has 3 nitrogen and oxygen atoms in total. The lowest BCUT2D eigenvalue weighted by atomic mass is 9.73. The largest absolute Gasteiger partial charge is 0.353 e. The Morgan fingerprint density at radius 1 is 1.24 bits per heavy atom. The molecule has 0 aliphatic heterocycles. The van der Waals surface area contributed by atoms with Crippen LogP contribution in [0.4, 0.5) is 0 Å². The fourth-order valence-corrected chi connectivity index (χ4v) is 3.31. The Hall–Kier alpha value is -0.570. The third-order valence-electron chi connectivity index (χ3n) is 4.67. The SMILES string of the molecule is CC1(C)CCCCC1NC(=O)C1CCC(N)C1. The van der Waals surface area contributed by atoms with Crippen molar-refractivity contribution >= 4 is 5.91 Å². The Balaban J connectivity index is 1.89. The zero-order valence-corrected chi connectivity index (χ0v) is 11.2. The molecule has 0 radical (unpaired) electrons. The van der Waals surface area contributed by atoms with Gasteiger partial charge in [0.2, 0.25) is 5.91 Å². The fourth-order valence-electron chi connectivity index (χ4n) is 3.31. The monoisotopic (exact) mass is 238 g/mol. The van der Waals surface area contributed by atoms with Crippen LogP contribution in [0.2, 0.25) is 0 Å². The predicted octanol–water partition coefficient (Wildman–Crippen LogP) is 2.20. The molecule has 0 bridgehead atoms. The molecule has 2 aliphatic rings. The van der Waals surface area contributed by atoms with E-state index in [0.29, 0.717) is 6.04 Å². The summed E-state index contributed by atoms with van der Waals surface area (Å²) in [5, 5.41) is 3.28. The second kappa shape index (κ2) is 4.97. The smallest absolute Gasteiger partial charge is 0.223 e. The highest BCUT2D eigenvalue weighted by Crippen LogP contribution is 2.36. The summed E-state index contributed by atoms with van der Waals surface area (Å²) in [5.74, 6) is 0.417. The van der Waals surface area contributed by atoms with Crippen molar-refractivity contribution < 1.29 is 4.79 Å². The highest BCUT2D eigenvalue weighted by Gasteiger charge is 2.35. The van der Waals surface area contributed by atoms with Crippen LogP contribution in [0.5, 0.6) is 0 Å². The van der Waals surface area contributed by atoms with E-state index < -0.39 is 0 Å². The van der Waals surface area contributed by atoms with Crippen LogP contribution in [0.25, 0.3) is 0 Å². The van der Waals surface area contributed by atoms with Gasteiger partial charge in [0.05, 0.1) is 0 Å². The van der Waals surface area contributed by atoms with Crippen LogP contribution in [0, 0.1) is 11.3 Å². The van der Waals surface area contributed by atoms with Crippen LogP contribution in [-0.2, 0) is 4.79 Å². The van der Waals surface area contributed by atoms with Crippen molar-refractivity contribution in [2.45, 2.75) is 70.9 Å². The molecule has 3 unspecified atom stereocenters. The number of hydrogen-bond acceptors (Lipinski definition) is 2. The minimum atomic E-state index is 0.169. The standard InChI is InChI=1S/C14H26N2O/c1-14(2)8-4-3-5-12(14)16-13(17)10-6-7-11(15)9-10/h10-12H,3-9,15H2,1-2H3,(H,16,17). The van der Waals surface area contributed by atoms with Gasteiger partial charge in [-0.3, -0.25) is 4.79 Å². The molecule has 3 heteroatoms. The van der Waals surface area contributed by atoms with E-state index in [1.165, 1.54) is 19.3 Å². The first-order valence-corrected chi connectivity index (χ1v) is 7.05. The quantitative estimate of drug-likeness (QED) is 0.775. The predicted molar refractivity (Wildman–Crippen MR) is 69.5 cm³/mol. The number of rotatable bonds is 2. The zero-order chi connectivity index (χ0) is 12.5. The molecular formula is C14H26N2O. The fraction of sp³-hybridized carbons (Fsp3) is 0.929. The third kappa shape index (κ3) is 3.01. The summed E-state index contributed by atoms with van der Waals surface area (Å²) in [6, 6.07) is 0.602. The van der Waals surface area contributed by atoms with Crippen molar-refractivity contribution in [3.8, 4) is 0 Å². The van der Waals surface area contributed by atoms with Gasteiger partial charge >= 0.3 is 0 Å². The molecule has 0 heterocycles. The van der Waals surface area contributed by atoms with E-state index in [2.05, 4.69) is 19.2 Å². The molecule has 0 saturated heterocycles. The van der Waals surface area contributed by atoms with Crippen LogP contribution in [0.1, 0.15) is 58.8 Å². The van der Waals surface area contributed by atoms with Crippen molar-refractivity contribution in [1.82, 2.24) is 5.32 Å². The molecule has 2 fully saturated rings. The van der Waals surface area contributed by atoms with Gasteiger partial charge in [0, 0.05) is 18.0 Å². The van der Waals surface area contributed by atoms with Crippen molar-refractivity contribution in [2.24, 2.45) is 17.1 Å². The van der Waals surface area contributed by atoms with Crippen molar-refractivity contribution in [2.75, 3.05) is 0 Å². The summed E-state index contributed by atoms with van der Waals surface area (Å²) in [7, 11) is 0. The minimum Gasteiger partial charge on any atom is -0.353 e. The van der Waals surface area contributed by atoms with Gasteiger partial charge in [0.1, 0.15) is 0 Å². The van der Waals surface area contributed by atoms with Gasteiger partial charge in [-0.1, -0.05) is 26.7 Å². The Kier molecular flexibility index (Phi) is 3.76. The molecule has 98 valence electrons. The number of nitrogens with two attached hydrogens (primary N) is 1. The summed E-state index contributed by atoms with van der Waals surface area (Å²) >= 11 is 0. The Morgan fingerprint density at radius 2 is 2.00 bits per heavy atom. The zero-order valence-electron chi connectivity index (χ0n) is 11.2. The summed E-state index contributed by atoms with van der Waals surface area (Å²) < 4.78 is 0. The van der Waals surface area contributed by atoms with Crippen molar-refractivity contribution in [1.29, 1.82) is 0 Å². The highest BCUT2D eigenvalue weighted by molar-refractivity contribution is 5.79. The Labute approximate surface area is 105 Å². The van der Waals surface area contributed by atoms with E-state index in [1.54, 1.807) is 0 Å². The lowest BCUT2D eigenvalue weighted by molar-refractivity contribution is -0.126. The van der Waals surface area contributed by atoms with Gasteiger partial charge in [-0.05, 0) is 37.5 Å². The van der Waals surface area contributed by atoms with Crippen LogP contribution in [0.3, 0.4) is 0 Å². The first kappa shape index (κ1) is 12.9. The lowest BCUT2D eigenvalue weighted by Gasteiger charge is -2.39. The van der Waals surface area contributed by atoms with Crippen LogP contribution < -0.4 is 11.1 Å². The maximum Gasteiger partial charge on any atom is 0.223 e. The number of carbonyl (C=O) groups excluding carboxylic acids is 1. The number of hydrogen-bond donors (Lipinski definition) is 2. The summed E-state index contributed by atoms with van der Waals surface area (Å²) in [6.45, 7) is 4.55. The molecule has 0 aromatic rings. The van der Waals surface area contributed by atoms with E-state index in [0.717, 1.165) is 25.7 Å². The Bertz CT molecular complexity index is 288. The van der Waals surface area contributed by atoms with E-state index in [4.69, 9.17) is 5.73 Å². The molecule has 1 amide bonds. The van der Waals surface area contributed by atoms with Crippen LogP contribution >= 0.6 is 0 Å². The number of amides is 1. The topological polar surface area (TPSA) is 55.1 Å². The number of carbonyl (C=O) groups is 1. The van der Waals surface area contributed by atoms with Gasteiger partial charge in [0.15, 0.2) is 0 Å². The average Bonchev–Trinajstić information content (AvgIpc) is 2.68. The second-order valence-electron chi connectivity index (χ2n) is 6.57. The highest BCUT2D eigenvalue weighted by atomic mass is 16.2. The average molecular weight is 238 g/mol. The van der Waals surface area contributed by atoms with Crippen molar-refractivity contribution in [3.63, 3.8) is 0 Å². The molecule has 3 atom stereocenters. The molecule has 0 spiro atoms. The molecule has 17 heavy (non-hydrogen) atoms. The Morgan fingerprint density at radius 3 is 2.59 bits per heavy atom. The molecular weight excluding hydrogens is 212 g/mol. The maximum absolute atomic E-state index is 12.2. The maximum atomic E-state index is 12.2. The normalized spacial score (nSPS) is 36.8. The molecule has 3 N–H and O–H groups in total. The van der Waals surface area contributed by atoms with Crippen LogP contribution in [0.15, 0.2) is 0 Å². The van der Waals surface area contributed by atoms with Gasteiger partial charge in [-0.15, -0.1) is 0 Å². The molecule has 0 aromatic carbocycles. The van der Waals surface area contributed by atoms with Gasteiger partial charge in [-0.2, -0.15) is 0 Å². The first-order chi connectivity index (χ1) is 7.99. The van der Waals surface area contributed by atoms with E-state index in [-0.39, 0.29) is 23.3 Å². The molecule has 0 aromatic heterocycles. The van der Waals surface area contributed by atoms with E-state index in [9.17, 15) is 4.79 Å². The molecule has 2 aliphatic carbocycles.